The molecule has 0 saturated heterocycles. The summed E-state index contributed by atoms with van der Waals surface area (Å²) in [5, 5.41) is 12.5. The molecule has 0 atom stereocenters. The van der Waals surface area contributed by atoms with Crippen LogP contribution in [0, 0.1) is 0 Å². The molecule has 1 aromatic carbocycles. The average Bonchev–Trinajstić information content (AvgIpc) is 2.87. The molecule has 2 N–H and O–H groups in total. The van der Waals surface area contributed by atoms with Gasteiger partial charge in [0, 0.05) is 36.0 Å². The van der Waals surface area contributed by atoms with Gasteiger partial charge in [-0.25, -0.2) is 19.7 Å². The van der Waals surface area contributed by atoms with E-state index in [-0.39, 0.29) is 11.4 Å². The van der Waals surface area contributed by atoms with Crippen molar-refractivity contribution < 1.29 is 19.4 Å². The molecule has 4 rings (SSSR count). The SMILES string of the molecule is COc1cc(OC)cc(-c2cc3cnc(SC)nc3n(CCc3ccnc(NC(=O)O)c3)c2=O)c1. The fraction of sp³-hybridized carbons (Fsp3) is 0.208. The second-order valence-electron chi connectivity index (χ2n) is 7.48. The lowest BCUT2D eigenvalue weighted by Gasteiger charge is -2.14. The highest BCUT2D eigenvalue weighted by Gasteiger charge is 2.15. The first-order valence-corrected chi connectivity index (χ1v) is 11.8. The Morgan fingerprint density at radius 2 is 1.86 bits per heavy atom. The van der Waals surface area contributed by atoms with Crippen LogP contribution in [-0.4, -0.2) is 51.2 Å². The molecular weight excluding hydrogens is 470 g/mol. The molecule has 180 valence electrons. The molecule has 0 aliphatic rings. The molecule has 0 spiro atoms. The van der Waals surface area contributed by atoms with Crippen molar-refractivity contribution in [2.24, 2.45) is 0 Å². The largest absolute Gasteiger partial charge is 0.497 e. The Labute approximate surface area is 205 Å². The molecule has 0 saturated carbocycles. The van der Waals surface area contributed by atoms with Crippen LogP contribution in [0.2, 0.25) is 0 Å². The van der Waals surface area contributed by atoms with Crippen molar-refractivity contribution in [3.8, 4) is 22.6 Å². The Bertz CT molecular complexity index is 1430. The van der Waals surface area contributed by atoms with Gasteiger partial charge in [-0.1, -0.05) is 11.8 Å². The summed E-state index contributed by atoms with van der Waals surface area (Å²) >= 11 is 1.39. The van der Waals surface area contributed by atoms with E-state index in [2.05, 4.69) is 20.3 Å². The number of methoxy groups -OCH3 is 2. The van der Waals surface area contributed by atoms with Crippen molar-refractivity contribution in [1.82, 2.24) is 19.5 Å². The van der Waals surface area contributed by atoms with Crippen LogP contribution in [0.25, 0.3) is 22.2 Å². The summed E-state index contributed by atoms with van der Waals surface area (Å²) < 4.78 is 12.4. The summed E-state index contributed by atoms with van der Waals surface area (Å²) in [6.07, 6.45) is 4.35. The molecule has 1 amide bonds. The zero-order valence-electron chi connectivity index (χ0n) is 19.3. The quantitative estimate of drug-likeness (QED) is 0.277. The summed E-state index contributed by atoms with van der Waals surface area (Å²) in [7, 11) is 3.11. The highest BCUT2D eigenvalue weighted by Crippen LogP contribution is 2.29. The van der Waals surface area contributed by atoms with Crippen LogP contribution in [0.4, 0.5) is 10.6 Å². The normalized spacial score (nSPS) is 10.8. The lowest BCUT2D eigenvalue weighted by Crippen LogP contribution is -2.24. The number of rotatable bonds is 8. The molecule has 0 aliphatic carbocycles. The third kappa shape index (κ3) is 5.35. The number of hydrogen-bond donors (Lipinski definition) is 2. The number of carbonyl (C=O) groups is 1. The number of nitrogens with one attached hydrogen (secondary N) is 1. The molecular formula is C24H23N5O5S. The predicted octanol–water partition coefficient (Wildman–Crippen LogP) is 3.93. The van der Waals surface area contributed by atoms with Crippen molar-refractivity contribution in [1.29, 1.82) is 0 Å². The number of thioether (sulfide) groups is 1. The second-order valence-corrected chi connectivity index (χ2v) is 8.25. The fourth-order valence-corrected chi connectivity index (χ4v) is 4.00. The second kappa shape index (κ2) is 10.4. The smallest absolute Gasteiger partial charge is 0.410 e. The van der Waals surface area contributed by atoms with Crippen molar-refractivity contribution >= 4 is 34.7 Å². The number of amides is 1. The van der Waals surface area contributed by atoms with E-state index in [9.17, 15) is 9.59 Å². The number of benzene rings is 1. The lowest BCUT2D eigenvalue weighted by atomic mass is 10.0. The maximum absolute atomic E-state index is 13.7. The minimum Gasteiger partial charge on any atom is -0.497 e. The average molecular weight is 494 g/mol. The first-order valence-electron chi connectivity index (χ1n) is 10.5. The molecule has 0 radical (unpaired) electrons. The van der Waals surface area contributed by atoms with Gasteiger partial charge in [-0.15, -0.1) is 0 Å². The summed E-state index contributed by atoms with van der Waals surface area (Å²) in [4.78, 5) is 37.6. The van der Waals surface area contributed by atoms with E-state index >= 15 is 0 Å². The highest BCUT2D eigenvalue weighted by molar-refractivity contribution is 7.98. The van der Waals surface area contributed by atoms with E-state index in [1.54, 1.807) is 61.4 Å². The van der Waals surface area contributed by atoms with E-state index in [4.69, 9.17) is 14.6 Å². The van der Waals surface area contributed by atoms with Gasteiger partial charge in [0.05, 0.1) is 14.2 Å². The van der Waals surface area contributed by atoms with Gasteiger partial charge in [0.25, 0.3) is 5.56 Å². The Morgan fingerprint density at radius 1 is 1.11 bits per heavy atom. The van der Waals surface area contributed by atoms with Crippen LogP contribution >= 0.6 is 11.8 Å². The molecule has 10 nitrogen and oxygen atoms in total. The molecule has 0 unspecified atom stereocenters. The number of aryl methyl sites for hydroxylation is 2. The molecule has 35 heavy (non-hydrogen) atoms. The number of pyridine rings is 2. The number of fused-ring (bicyclic) bond motifs is 1. The van der Waals surface area contributed by atoms with Gasteiger partial charge < -0.3 is 14.6 Å². The van der Waals surface area contributed by atoms with Gasteiger partial charge in [-0.2, -0.15) is 0 Å². The van der Waals surface area contributed by atoms with Crippen LogP contribution in [0.1, 0.15) is 5.56 Å². The lowest BCUT2D eigenvalue weighted by molar-refractivity contribution is 0.209. The van der Waals surface area contributed by atoms with E-state index in [0.717, 1.165) is 5.56 Å². The van der Waals surface area contributed by atoms with E-state index in [1.165, 1.54) is 18.0 Å². The Balaban J connectivity index is 1.82. The van der Waals surface area contributed by atoms with Crippen molar-refractivity contribution in [3.63, 3.8) is 0 Å². The minimum absolute atomic E-state index is 0.219. The van der Waals surface area contributed by atoms with Gasteiger partial charge in [0.15, 0.2) is 5.16 Å². The van der Waals surface area contributed by atoms with E-state index in [1.807, 2.05) is 6.26 Å². The number of anilines is 1. The van der Waals surface area contributed by atoms with E-state index in [0.29, 0.717) is 51.8 Å². The minimum atomic E-state index is -1.19. The van der Waals surface area contributed by atoms with Crippen LogP contribution in [0.15, 0.2) is 58.7 Å². The number of ether oxygens (including phenoxy) is 2. The van der Waals surface area contributed by atoms with Gasteiger partial charge in [-0.05, 0) is 54.1 Å². The molecule has 3 heterocycles. The van der Waals surface area contributed by atoms with Crippen molar-refractivity contribution in [2.45, 2.75) is 18.1 Å². The molecule has 4 aromatic rings. The Kier molecular flexibility index (Phi) is 7.16. The van der Waals surface area contributed by atoms with Crippen LogP contribution in [-0.2, 0) is 13.0 Å². The summed E-state index contributed by atoms with van der Waals surface area (Å²) in [5.74, 6) is 1.35. The van der Waals surface area contributed by atoms with Crippen LogP contribution in [0.5, 0.6) is 11.5 Å². The van der Waals surface area contributed by atoms with Gasteiger partial charge in [-0.3, -0.25) is 14.7 Å². The standard InChI is InChI=1S/C24H23N5O5S/c1-33-17-9-15(10-18(12-17)34-2)19-11-16-13-26-23(35-3)28-21(16)29(22(19)30)7-5-14-4-6-25-20(8-14)27-24(31)32/h4,6,8-13H,5,7H2,1-3H3,(H,25,27)(H,31,32). The third-order valence-electron chi connectivity index (χ3n) is 5.33. The zero-order chi connectivity index (χ0) is 24.9. The monoisotopic (exact) mass is 493 g/mol. The number of carboxylic acid groups (broad SMARTS) is 1. The highest BCUT2D eigenvalue weighted by atomic mass is 32.2. The van der Waals surface area contributed by atoms with E-state index < -0.39 is 6.09 Å². The zero-order valence-corrected chi connectivity index (χ0v) is 20.1. The van der Waals surface area contributed by atoms with Gasteiger partial charge in [0.2, 0.25) is 0 Å². The summed E-state index contributed by atoms with van der Waals surface area (Å²) in [6.45, 7) is 0.311. The maximum atomic E-state index is 13.7. The van der Waals surface area contributed by atoms with Crippen molar-refractivity contribution in [3.05, 3.63) is 64.7 Å². The van der Waals surface area contributed by atoms with Gasteiger partial charge in [0.1, 0.15) is 23.0 Å². The van der Waals surface area contributed by atoms with Crippen molar-refractivity contribution in [2.75, 3.05) is 25.8 Å². The number of hydrogen-bond acceptors (Lipinski definition) is 8. The molecule has 0 bridgehead atoms. The first kappa shape index (κ1) is 24.0. The Morgan fingerprint density at radius 3 is 2.51 bits per heavy atom. The van der Waals surface area contributed by atoms with Crippen LogP contribution < -0.4 is 20.3 Å². The fourth-order valence-electron chi connectivity index (χ4n) is 3.67. The molecule has 0 fully saturated rings. The molecule has 11 heteroatoms. The number of nitrogens with zero attached hydrogens (tertiary/aromatic N) is 4. The van der Waals surface area contributed by atoms with Gasteiger partial charge >= 0.3 is 6.09 Å². The topological polar surface area (TPSA) is 128 Å². The Hall–Kier alpha value is -4.12. The first-order chi connectivity index (χ1) is 16.9. The maximum Gasteiger partial charge on any atom is 0.410 e. The summed E-state index contributed by atoms with van der Waals surface area (Å²) in [6, 6.07) is 10.5. The summed E-state index contributed by atoms with van der Waals surface area (Å²) in [5.41, 5.74) is 2.21. The predicted molar refractivity (Wildman–Crippen MR) is 134 cm³/mol. The molecule has 0 aliphatic heterocycles. The number of aromatic nitrogens is 4. The molecule has 3 aromatic heterocycles. The van der Waals surface area contributed by atoms with Crippen LogP contribution in [0.3, 0.4) is 0 Å². The third-order valence-corrected chi connectivity index (χ3v) is 5.90.